The third-order valence-corrected chi connectivity index (χ3v) is 6.26. The predicted octanol–water partition coefficient (Wildman–Crippen LogP) is 3.13. The van der Waals surface area contributed by atoms with Crippen molar-refractivity contribution in [2.24, 2.45) is 0 Å². The summed E-state index contributed by atoms with van der Waals surface area (Å²) in [6.45, 7) is 10.6. The summed E-state index contributed by atoms with van der Waals surface area (Å²) in [7, 11) is 3.87. The average molecular weight is 439 g/mol. The van der Waals surface area contributed by atoms with E-state index in [1.165, 1.54) is 23.0 Å². The molecule has 9 heteroatoms. The molecule has 29 heavy (non-hydrogen) atoms. The molecule has 0 aliphatic carbocycles. The molecular weight excluding hydrogens is 408 g/mol. The Kier molecular flexibility index (Phi) is 8.02. The van der Waals surface area contributed by atoms with E-state index in [1.807, 2.05) is 39.8 Å². The SMILES string of the molecule is Cc1sc2ncnc(SCC(=O)N(CCN(C)C)CC(=O)OC(C)(C)C)c2c1C. The van der Waals surface area contributed by atoms with Crippen molar-refractivity contribution in [1.29, 1.82) is 0 Å². The molecule has 2 heterocycles. The van der Waals surface area contributed by atoms with Gasteiger partial charge in [0, 0.05) is 23.4 Å². The van der Waals surface area contributed by atoms with Crippen LogP contribution in [0.25, 0.3) is 10.2 Å². The maximum Gasteiger partial charge on any atom is 0.326 e. The number of thioether (sulfide) groups is 1. The molecule has 0 fully saturated rings. The number of likely N-dealkylation sites (N-methyl/N-ethyl adjacent to an activating group) is 1. The summed E-state index contributed by atoms with van der Waals surface area (Å²) < 4.78 is 5.39. The first kappa shape index (κ1) is 23.6. The fourth-order valence-corrected chi connectivity index (χ4v) is 4.64. The van der Waals surface area contributed by atoms with Crippen molar-refractivity contribution in [1.82, 2.24) is 19.8 Å². The highest BCUT2D eigenvalue weighted by molar-refractivity contribution is 8.00. The highest BCUT2D eigenvalue weighted by Crippen LogP contribution is 2.34. The van der Waals surface area contributed by atoms with E-state index in [1.54, 1.807) is 16.2 Å². The third kappa shape index (κ3) is 6.94. The van der Waals surface area contributed by atoms with Crippen LogP contribution in [-0.4, -0.2) is 76.7 Å². The Bertz CT molecular complexity index is 874. The number of ether oxygens (including phenoxy) is 1. The second kappa shape index (κ2) is 9.86. The van der Waals surface area contributed by atoms with Gasteiger partial charge >= 0.3 is 5.97 Å². The van der Waals surface area contributed by atoms with Crippen LogP contribution in [0.4, 0.5) is 0 Å². The lowest BCUT2D eigenvalue weighted by Gasteiger charge is -2.26. The van der Waals surface area contributed by atoms with Crippen LogP contribution >= 0.6 is 23.1 Å². The van der Waals surface area contributed by atoms with Crippen LogP contribution < -0.4 is 0 Å². The molecule has 0 aliphatic heterocycles. The van der Waals surface area contributed by atoms with Gasteiger partial charge in [-0.3, -0.25) is 9.59 Å². The molecule has 0 spiro atoms. The number of aryl methyl sites for hydroxylation is 2. The van der Waals surface area contributed by atoms with Gasteiger partial charge in [0.2, 0.25) is 5.91 Å². The van der Waals surface area contributed by atoms with E-state index in [-0.39, 0.29) is 18.2 Å². The van der Waals surface area contributed by atoms with E-state index < -0.39 is 11.6 Å². The molecule has 0 radical (unpaired) electrons. The number of nitrogens with zero attached hydrogens (tertiary/aromatic N) is 4. The smallest absolute Gasteiger partial charge is 0.326 e. The fraction of sp³-hybridized carbons (Fsp3) is 0.600. The molecule has 2 aromatic rings. The molecule has 0 saturated heterocycles. The molecule has 0 unspecified atom stereocenters. The van der Waals surface area contributed by atoms with Gasteiger partial charge < -0.3 is 14.5 Å². The lowest BCUT2D eigenvalue weighted by Crippen LogP contribution is -2.42. The maximum absolute atomic E-state index is 12.9. The number of hydrogen-bond donors (Lipinski definition) is 0. The summed E-state index contributed by atoms with van der Waals surface area (Å²) in [5.41, 5.74) is 0.571. The topological polar surface area (TPSA) is 75.6 Å². The van der Waals surface area contributed by atoms with Crippen LogP contribution in [0.15, 0.2) is 11.4 Å². The van der Waals surface area contributed by atoms with E-state index in [2.05, 4.69) is 23.8 Å². The van der Waals surface area contributed by atoms with Gasteiger partial charge in [0.1, 0.15) is 28.3 Å². The van der Waals surface area contributed by atoms with Gasteiger partial charge in [-0.25, -0.2) is 9.97 Å². The van der Waals surface area contributed by atoms with E-state index in [9.17, 15) is 9.59 Å². The first-order chi connectivity index (χ1) is 13.5. The van der Waals surface area contributed by atoms with Crippen molar-refractivity contribution in [2.75, 3.05) is 39.5 Å². The molecule has 0 aliphatic rings. The fourth-order valence-electron chi connectivity index (χ4n) is 2.62. The van der Waals surface area contributed by atoms with Gasteiger partial charge in [0.05, 0.1) is 5.75 Å². The number of carbonyl (C=O) groups is 2. The number of thiophene rings is 1. The molecule has 0 aromatic carbocycles. The summed E-state index contributed by atoms with van der Waals surface area (Å²) in [6, 6.07) is 0. The number of esters is 1. The Balaban J connectivity index is 2.10. The molecule has 2 aromatic heterocycles. The van der Waals surface area contributed by atoms with Gasteiger partial charge in [-0.2, -0.15) is 0 Å². The molecule has 0 atom stereocenters. The lowest BCUT2D eigenvalue weighted by atomic mass is 10.2. The number of hydrogen-bond acceptors (Lipinski definition) is 8. The van der Waals surface area contributed by atoms with Crippen LogP contribution in [0.3, 0.4) is 0 Å². The predicted molar refractivity (Wildman–Crippen MR) is 119 cm³/mol. The standard InChI is InChI=1S/C20H30N4O3S2/c1-13-14(2)29-19-17(13)18(21-12-22-19)28-11-15(25)24(9-8-23(6)7)10-16(26)27-20(3,4)5/h12H,8-11H2,1-7H3. The minimum Gasteiger partial charge on any atom is -0.459 e. The molecule has 7 nitrogen and oxygen atoms in total. The Morgan fingerprint density at radius 2 is 1.86 bits per heavy atom. The summed E-state index contributed by atoms with van der Waals surface area (Å²) in [5, 5.41) is 1.81. The van der Waals surface area contributed by atoms with E-state index in [4.69, 9.17) is 4.74 Å². The van der Waals surface area contributed by atoms with Crippen LogP contribution in [0.2, 0.25) is 0 Å². The quantitative estimate of drug-likeness (QED) is 0.356. The van der Waals surface area contributed by atoms with Gasteiger partial charge in [0.15, 0.2) is 0 Å². The van der Waals surface area contributed by atoms with Crippen LogP contribution in [0, 0.1) is 13.8 Å². The van der Waals surface area contributed by atoms with E-state index in [0.29, 0.717) is 13.1 Å². The van der Waals surface area contributed by atoms with Crippen molar-refractivity contribution < 1.29 is 14.3 Å². The van der Waals surface area contributed by atoms with Gasteiger partial charge in [-0.05, 0) is 54.3 Å². The number of rotatable bonds is 8. The second-order valence-corrected chi connectivity index (χ2v) is 10.3. The number of fused-ring (bicyclic) bond motifs is 1. The zero-order chi connectivity index (χ0) is 21.8. The Labute approximate surface area is 180 Å². The molecule has 2 rings (SSSR count). The number of amides is 1. The Hall–Kier alpha value is -1.71. The second-order valence-electron chi connectivity index (χ2n) is 8.14. The highest BCUT2D eigenvalue weighted by atomic mass is 32.2. The van der Waals surface area contributed by atoms with Gasteiger partial charge in [0.25, 0.3) is 0 Å². The summed E-state index contributed by atoms with van der Waals surface area (Å²) in [6.07, 6.45) is 1.54. The molecule has 160 valence electrons. The van der Waals surface area contributed by atoms with Gasteiger partial charge in [-0.1, -0.05) is 11.8 Å². The Morgan fingerprint density at radius 3 is 2.48 bits per heavy atom. The normalized spacial score (nSPS) is 11.9. The van der Waals surface area contributed by atoms with Crippen LogP contribution in [-0.2, 0) is 14.3 Å². The first-order valence-electron chi connectivity index (χ1n) is 9.45. The zero-order valence-electron chi connectivity index (χ0n) is 18.2. The lowest BCUT2D eigenvalue weighted by molar-refractivity contribution is -0.158. The molecular formula is C20H30N4O3S2. The van der Waals surface area contributed by atoms with Crippen molar-refractivity contribution in [3.05, 3.63) is 16.8 Å². The van der Waals surface area contributed by atoms with Crippen molar-refractivity contribution >= 4 is 45.2 Å². The highest BCUT2D eigenvalue weighted by Gasteiger charge is 2.23. The minimum atomic E-state index is -0.580. The van der Waals surface area contributed by atoms with Crippen LogP contribution in [0.5, 0.6) is 0 Å². The molecule has 0 N–H and O–H groups in total. The largest absolute Gasteiger partial charge is 0.459 e. The third-order valence-electron chi connectivity index (χ3n) is 4.17. The van der Waals surface area contributed by atoms with Crippen molar-refractivity contribution in [3.8, 4) is 0 Å². The summed E-state index contributed by atoms with van der Waals surface area (Å²) in [4.78, 5) is 39.6. The van der Waals surface area contributed by atoms with E-state index in [0.717, 1.165) is 20.8 Å². The molecule has 1 amide bonds. The monoisotopic (exact) mass is 438 g/mol. The van der Waals surface area contributed by atoms with E-state index >= 15 is 0 Å². The molecule has 0 bridgehead atoms. The first-order valence-corrected chi connectivity index (χ1v) is 11.3. The average Bonchev–Trinajstić information content (AvgIpc) is 2.89. The van der Waals surface area contributed by atoms with Crippen molar-refractivity contribution in [3.63, 3.8) is 0 Å². The minimum absolute atomic E-state index is 0.0553. The summed E-state index contributed by atoms with van der Waals surface area (Å²) in [5.74, 6) is -0.307. The Morgan fingerprint density at radius 1 is 1.17 bits per heavy atom. The zero-order valence-corrected chi connectivity index (χ0v) is 19.9. The number of aromatic nitrogens is 2. The van der Waals surface area contributed by atoms with Crippen LogP contribution in [0.1, 0.15) is 31.2 Å². The number of carbonyl (C=O) groups excluding carboxylic acids is 2. The summed E-state index contributed by atoms with van der Waals surface area (Å²) >= 11 is 3.02. The van der Waals surface area contributed by atoms with Gasteiger partial charge in [-0.15, -0.1) is 11.3 Å². The maximum atomic E-state index is 12.9. The van der Waals surface area contributed by atoms with Crippen molar-refractivity contribution in [2.45, 2.75) is 45.2 Å². The molecule has 0 saturated carbocycles.